The average molecular weight is 283 g/mol. The summed E-state index contributed by atoms with van der Waals surface area (Å²) >= 11 is 0. The molecule has 0 atom stereocenters. The van der Waals surface area contributed by atoms with Crippen molar-refractivity contribution in [2.75, 3.05) is 0 Å². The highest BCUT2D eigenvalue weighted by Gasteiger charge is 2.49. The predicted octanol–water partition coefficient (Wildman–Crippen LogP) is 4.35. The molecule has 1 aliphatic rings. The van der Waals surface area contributed by atoms with Gasteiger partial charge in [0.1, 0.15) is 0 Å². The van der Waals surface area contributed by atoms with Crippen LogP contribution in [-0.4, -0.2) is 16.2 Å². The van der Waals surface area contributed by atoms with Gasteiger partial charge in [-0.1, -0.05) is 30.3 Å². The first-order valence-electron chi connectivity index (χ1n) is 7.26. The molecule has 0 radical (unpaired) electrons. The van der Waals surface area contributed by atoms with E-state index in [9.17, 15) is 0 Å². The molecule has 2 heterocycles. The van der Waals surface area contributed by atoms with E-state index in [0.717, 1.165) is 16.8 Å². The fraction of sp³-hybridized carbons (Fsp3) is 0.389. The largest absolute Gasteiger partial charge is 0.339 e. The van der Waals surface area contributed by atoms with Crippen LogP contribution >= 0.6 is 0 Å². The van der Waals surface area contributed by atoms with Gasteiger partial charge in [-0.2, -0.15) is 0 Å². The number of benzene rings is 1. The Kier molecular flexibility index (Phi) is 3.34. The lowest BCUT2D eigenvalue weighted by atomic mass is 9.90. The Hall–Kier alpha value is -1.71. The van der Waals surface area contributed by atoms with E-state index in [-0.39, 0.29) is 17.5 Å². The van der Waals surface area contributed by atoms with Crippen LogP contribution in [0.2, 0.25) is 0 Å². The Balaban J connectivity index is 1.92. The average Bonchev–Trinajstić information content (AvgIpc) is 2.69. The van der Waals surface area contributed by atoms with E-state index in [4.69, 9.17) is 9.47 Å². The molecule has 1 aromatic heterocycles. The summed E-state index contributed by atoms with van der Waals surface area (Å²) in [6, 6.07) is 14.1. The van der Waals surface area contributed by atoms with Gasteiger partial charge in [-0.15, -0.1) is 0 Å². The number of hydrogen-bond donors (Lipinski definition) is 0. The molecule has 110 valence electrons. The fourth-order valence-electron chi connectivity index (χ4n) is 2.34. The maximum Gasteiger partial charge on any atom is 0.185 e. The molecule has 21 heavy (non-hydrogen) atoms. The quantitative estimate of drug-likeness (QED) is 0.821. The second-order valence-electron chi connectivity index (χ2n) is 6.43. The third-order valence-corrected chi connectivity index (χ3v) is 4.38. The van der Waals surface area contributed by atoms with Crippen molar-refractivity contribution in [1.82, 2.24) is 4.98 Å². The molecule has 0 aliphatic carbocycles. The Labute approximate surface area is 125 Å². The van der Waals surface area contributed by atoms with Crippen molar-refractivity contribution in [3.63, 3.8) is 0 Å². The van der Waals surface area contributed by atoms with Gasteiger partial charge >= 0.3 is 0 Å². The summed E-state index contributed by atoms with van der Waals surface area (Å²) in [5.74, 6) is 0. The summed E-state index contributed by atoms with van der Waals surface area (Å²) in [7, 11) is 0. The molecule has 3 nitrogen and oxygen atoms in total. The van der Waals surface area contributed by atoms with Gasteiger partial charge in [-0.05, 0) is 39.8 Å². The number of rotatable bonds is 2. The number of pyridine rings is 1. The van der Waals surface area contributed by atoms with Crippen molar-refractivity contribution in [2.45, 2.75) is 45.2 Å². The van der Waals surface area contributed by atoms with Gasteiger partial charge < -0.3 is 9.47 Å². The third-order valence-electron chi connectivity index (χ3n) is 4.38. The molecule has 0 bridgehead atoms. The van der Waals surface area contributed by atoms with Crippen LogP contribution in [0.3, 0.4) is 0 Å². The van der Waals surface area contributed by atoms with Crippen LogP contribution in [0.4, 0.5) is 0 Å². The molecular formula is C18H21NO2. The summed E-state index contributed by atoms with van der Waals surface area (Å²) in [6.07, 6.45) is 1.46. The molecule has 3 heteroatoms. The van der Waals surface area contributed by atoms with Crippen molar-refractivity contribution >= 4 is 0 Å². The molecule has 1 fully saturated rings. The maximum atomic E-state index is 6.09. The van der Waals surface area contributed by atoms with E-state index < -0.39 is 0 Å². The van der Waals surface area contributed by atoms with Crippen LogP contribution in [0.5, 0.6) is 0 Å². The molecule has 1 aromatic carbocycles. The van der Waals surface area contributed by atoms with Gasteiger partial charge in [-0.3, -0.25) is 4.98 Å². The Morgan fingerprint density at radius 2 is 1.52 bits per heavy atom. The van der Waals surface area contributed by atoms with E-state index in [0.29, 0.717) is 0 Å². The highest BCUT2D eigenvalue weighted by atomic mass is 16.7. The minimum absolute atomic E-state index is 0.326. The van der Waals surface area contributed by atoms with Crippen LogP contribution in [0.1, 0.15) is 39.5 Å². The first kappa shape index (κ1) is 14.2. The molecule has 0 spiro atoms. The fourth-order valence-corrected chi connectivity index (χ4v) is 2.34. The second-order valence-corrected chi connectivity index (χ2v) is 6.43. The van der Waals surface area contributed by atoms with Crippen LogP contribution in [0.15, 0.2) is 48.7 Å². The molecule has 0 N–H and O–H groups in total. The Morgan fingerprint density at radius 1 is 0.905 bits per heavy atom. The third kappa shape index (κ3) is 2.59. The van der Waals surface area contributed by atoms with Crippen molar-refractivity contribution < 1.29 is 9.47 Å². The molecule has 0 unspecified atom stereocenters. The van der Waals surface area contributed by atoms with Gasteiger partial charge in [0.2, 0.25) is 0 Å². The molecule has 3 rings (SSSR count). The van der Waals surface area contributed by atoms with E-state index >= 15 is 0 Å². The van der Waals surface area contributed by atoms with E-state index in [1.54, 1.807) is 0 Å². The van der Waals surface area contributed by atoms with Crippen molar-refractivity contribution in [1.29, 1.82) is 0 Å². The maximum absolute atomic E-state index is 6.09. The van der Waals surface area contributed by atoms with Gasteiger partial charge in [-0.25, -0.2) is 0 Å². The van der Waals surface area contributed by atoms with Crippen molar-refractivity contribution in [2.24, 2.45) is 0 Å². The van der Waals surface area contributed by atoms with Crippen LogP contribution in [-0.2, 0) is 9.47 Å². The van der Waals surface area contributed by atoms with Crippen LogP contribution in [0.25, 0.3) is 11.3 Å². The Morgan fingerprint density at radius 3 is 2.14 bits per heavy atom. The number of aromatic nitrogens is 1. The first-order valence-corrected chi connectivity index (χ1v) is 7.26. The first-order chi connectivity index (χ1) is 9.89. The molecule has 1 aliphatic heterocycles. The lowest BCUT2D eigenvalue weighted by molar-refractivity contribution is -0.0895. The van der Waals surface area contributed by atoms with E-state index in [2.05, 4.69) is 44.8 Å². The van der Waals surface area contributed by atoms with Crippen LogP contribution < -0.4 is 0 Å². The van der Waals surface area contributed by atoms with Gasteiger partial charge in [0, 0.05) is 17.3 Å². The normalized spacial score (nSPS) is 20.6. The topological polar surface area (TPSA) is 31.4 Å². The summed E-state index contributed by atoms with van der Waals surface area (Å²) < 4.78 is 12.2. The highest BCUT2D eigenvalue weighted by molar-refractivity contribution is 5.59. The highest BCUT2D eigenvalue weighted by Crippen LogP contribution is 2.44. The zero-order chi connectivity index (χ0) is 15.1. The monoisotopic (exact) mass is 283 g/mol. The second kappa shape index (κ2) is 4.93. The molecule has 2 aromatic rings. The lowest BCUT2D eigenvalue weighted by Crippen LogP contribution is -2.41. The zero-order valence-corrected chi connectivity index (χ0v) is 13.0. The smallest absolute Gasteiger partial charge is 0.185 e. The summed E-state index contributed by atoms with van der Waals surface area (Å²) in [5, 5.41) is 0. The summed E-state index contributed by atoms with van der Waals surface area (Å²) in [5.41, 5.74) is 2.38. The molecule has 0 amide bonds. The number of hydrogen-bond acceptors (Lipinski definition) is 3. The predicted molar refractivity (Wildman–Crippen MR) is 82.7 cm³/mol. The van der Waals surface area contributed by atoms with Crippen molar-refractivity contribution in [3.8, 4) is 11.3 Å². The summed E-state index contributed by atoms with van der Waals surface area (Å²) in [6.45, 7) is 8.25. The number of nitrogens with zero attached hydrogens (tertiary/aromatic N) is 1. The number of ether oxygens (including phenoxy) is 2. The van der Waals surface area contributed by atoms with Crippen LogP contribution in [0, 0.1) is 0 Å². The van der Waals surface area contributed by atoms with E-state index in [1.807, 2.05) is 36.5 Å². The minimum atomic E-state index is -0.347. The van der Waals surface area contributed by atoms with E-state index in [1.165, 1.54) is 0 Å². The SMILES string of the molecule is CC1(C)OC(c2ccnc(-c3ccccc3)c2)OC1(C)C. The van der Waals surface area contributed by atoms with Gasteiger partial charge in [0.05, 0.1) is 16.9 Å². The Bertz CT molecular complexity index is 619. The zero-order valence-electron chi connectivity index (χ0n) is 13.0. The molecule has 0 saturated carbocycles. The van der Waals surface area contributed by atoms with Crippen molar-refractivity contribution in [3.05, 3.63) is 54.2 Å². The molecular weight excluding hydrogens is 262 g/mol. The van der Waals surface area contributed by atoms with Gasteiger partial charge in [0.25, 0.3) is 0 Å². The van der Waals surface area contributed by atoms with Gasteiger partial charge in [0.15, 0.2) is 6.29 Å². The minimum Gasteiger partial charge on any atom is -0.339 e. The standard InChI is InChI=1S/C18H21NO2/c1-17(2)18(3,4)21-16(20-17)14-10-11-19-15(12-14)13-8-6-5-7-9-13/h5-12,16H,1-4H3. The summed E-state index contributed by atoms with van der Waals surface area (Å²) in [4.78, 5) is 4.44. The lowest BCUT2D eigenvalue weighted by Gasteiger charge is -2.30. The molecule has 1 saturated heterocycles.